The molecule has 0 bridgehead atoms. The molecule has 1 aliphatic heterocycles. The number of hydrogen-bond donors (Lipinski definition) is 4. The first kappa shape index (κ1) is 21.4. The van der Waals surface area contributed by atoms with Crippen molar-refractivity contribution in [1.82, 2.24) is 5.32 Å². The molecule has 0 unspecified atom stereocenters. The van der Waals surface area contributed by atoms with Crippen LogP contribution in [0, 0.1) is 0 Å². The molecule has 0 radical (unpaired) electrons. The predicted octanol–water partition coefficient (Wildman–Crippen LogP) is 1.89. The van der Waals surface area contributed by atoms with Gasteiger partial charge in [-0.05, 0) is 54.8 Å². The van der Waals surface area contributed by atoms with Gasteiger partial charge in [-0.3, -0.25) is 0 Å². The van der Waals surface area contributed by atoms with E-state index in [0.717, 1.165) is 37.0 Å². The fourth-order valence-electron chi connectivity index (χ4n) is 3.71. The number of anilines is 1. The Labute approximate surface area is 181 Å². The van der Waals surface area contributed by atoms with E-state index in [9.17, 15) is 8.42 Å². The van der Waals surface area contributed by atoms with Crippen molar-refractivity contribution in [3.8, 4) is 11.5 Å². The van der Waals surface area contributed by atoms with Gasteiger partial charge in [0.25, 0.3) is 0 Å². The zero-order valence-electron chi connectivity index (χ0n) is 17.1. The van der Waals surface area contributed by atoms with E-state index in [0.29, 0.717) is 23.9 Å². The van der Waals surface area contributed by atoms with E-state index < -0.39 is 10.0 Å². The Bertz CT molecular complexity index is 1060. The van der Waals surface area contributed by atoms with E-state index in [2.05, 4.69) is 10.6 Å². The number of hydrogen-bond acceptors (Lipinski definition) is 6. The summed E-state index contributed by atoms with van der Waals surface area (Å²) in [6, 6.07) is 12.1. The highest BCUT2D eigenvalue weighted by Gasteiger charge is 2.23. The summed E-state index contributed by atoms with van der Waals surface area (Å²) in [5.41, 5.74) is 7.96. The summed E-state index contributed by atoms with van der Waals surface area (Å²) < 4.78 is 33.8. The van der Waals surface area contributed by atoms with Crippen molar-refractivity contribution in [2.24, 2.45) is 15.9 Å². The normalized spacial score (nSPS) is 21.0. The second-order valence-electron chi connectivity index (χ2n) is 7.75. The van der Waals surface area contributed by atoms with Gasteiger partial charge < -0.3 is 25.8 Å². The van der Waals surface area contributed by atoms with Crippen LogP contribution in [0.1, 0.15) is 31.2 Å². The molecule has 1 fully saturated rings. The monoisotopic (exact) mass is 445 g/mol. The molecule has 0 saturated heterocycles. The van der Waals surface area contributed by atoms with Crippen LogP contribution in [0.3, 0.4) is 0 Å². The number of benzene rings is 2. The number of ether oxygens (including phenoxy) is 2. The highest BCUT2D eigenvalue weighted by Crippen LogP contribution is 2.32. The summed E-state index contributed by atoms with van der Waals surface area (Å²) in [7, 11) is -3.74. The number of rotatable bonds is 5. The summed E-state index contributed by atoms with van der Waals surface area (Å²) in [5, 5.41) is 11.9. The van der Waals surface area contributed by atoms with Gasteiger partial charge in [0.15, 0.2) is 17.5 Å². The maximum Gasteiger partial charge on any atom is 0.238 e. The van der Waals surface area contributed by atoms with Gasteiger partial charge in [-0.15, -0.1) is 0 Å². The second-order valence-corrected chi connectivity index (χ2v) is 9.31. The summed E-state index contributed by atoms with van der Waals surface area (Å²) in [4.78, 5) is 4.77. The topological polar surface area (TPSA) is 141 Å². The number of guanidine groups is 1. The molecular formula is C21H27N5O4S. The van der Waals surface area contributed by atoms with Gasteiger partial charge in [0, 0.05) is 17.8 Å². The Hall–Kier alpha value is -2.82. The molecule has 6 N–H and O–H groups in total. The van der Waals surface area contributed by atoms with Crippen LogP contribution in [0.4, 0.5) is 5.69 Å². The Morgan fingerprint density at radius 3 is 2.55 bits per heavy atom. The largest absolute Gasteiger partial charge is 0.454 e. The third-order valence-corrected chi connectivity index (χ3v) is 6.37. The minimum Gasteiger partial charge on any atom is -0.454 e. The highest BCUT2D eigenvalue weighted by atomic mass is 32.2. The van der Waals surface area contributed by atoms with Crippen LogP contribution < -0.4 is 31.0 Å². The first-order valence-corrected chi connectivity index (χ1v) is 11.8. The molecule has 1 heterocycles. The molecule has 2 aliphatic rings. The molecule has 2 atom stereocenters. The molecule has 1 saturated carbocycles. The lowest BCUT2D eigenvalue weighted by Gasteiger charge is -2.30. The summed E-state index contributed by atoms with van der Waals surface area (Å²) in [5.74, 6) is 2.01. The van der Waals surface area contributed by atoms with Crippen molar-refractivity contribution in [3.05, 3.63) is 48.0 Å². The zero-order chi connectivity index (χ0) is 21.8. The number of sulfonamides is 1. The highest BCUT2D eigenvalue weighted by molar-refractivity contribution is 7.89. The molecule has 1 aliphatic carbocycles. The molecule has 0 amide bonds. The number of primary sulfonamides is 1. The predicted molar refractivity (Wildman–Crippen MR) is 119 cm³/mol. The van der Waals surface area contributed by atoms with Gasteiger partial charge in [0.05, 0.1) is 11.4 Å². The summed E-state index contributed by atoms with van der Waals surface area (Å²) >= 11 is 0. The Morgan fingerprint density at radius 2 is 1.81 bits per heavy atom. The van der Waals surface area contributed by atoms with Crippen LogP contribution in [0.25, 0.3) is 0 Å². The van der Waals surface area contributed by atoms with Crippen LogP contribution in [0.5, 0.6) is 11.5 Å². The van der Waals surface area contributed by atoms with Gasteiger partial charge in [0.2, 0.25) is 16.8 Å². The van der Waals surface area contributed by atoms with Crippen LogP contribution in [0.15, 0.2) is 52.4 Å². The lowest BCUT2D eigenvalue weighted by atomic mass is 9.91. The van der Waals surface area contributed by atoms with Gasteiger partial charge >= 0.3 is 0 Å². The second kappa shape index (κ2) is 9.13. The zero-order valence-corrected chi connectivity index (χ0v) is 17.9. The van der Waals surface area contributed by atoms with Gasteiger partial charge in [0.1, 0.15) is 0 Å². The third-order valence-electron chi connectivity index (χ3n) is 5.44. The first-order chi connectivity index (χ1) is 14.9. The first-order valence-electron chi connectivity index (χ1n) is 10.2. The summed E-state index contributed by atoms with van der Waals surface area (Å²) in [6.45, 7) is 0.647. The molecule has 166 valence electrons. The van der Waals surface area contributed by atoms with Crippen molar-refractivity contribution >= 4 is 21.7 Å². The smallest absolute Gasteiger partial charge is 0.238 e. The average molecular weight is 446 g/mol. The fourth-order valence-corrected chi connectivity index (χ4v) is 4.23. The van der Waals surface area contributed by atoms with E-state index in [1.165, 1.54) is 12.1 Å². The minimum atomic E-state index is -3.74. The minimum absolute atomic E-state index is 0.0519. The van der Waals surface area contributed by atoms with E-state index in [-0.39, 0.29) is 23.8 Å². The van der Waals surface area contributed by atoms with E-state index >= 15 is 0 Å². The molecular weight excluding hydrogens is 418 g/mol. The molecule has 10 heteroatoms. The van der Waals surface area contributed by atoms with E-state index in [4.69, 9.17) is 25.3 Å². The average Bonchev–Trinajstić information content (AvgIpc) is 3.21. The Kier molecular flexibility index (Phi) is 6.30. The maximum absolute atomic E-state index is 11.5. The van der Waals surface area contributed by atoms with E-state index in [1.807, 2.05) is 18.2 Å². The molecule has 9 nitrogen and oxygen atoms in total. The maximum atomic E-state index is 11.5. The van der Waals surface area contributed by atoms with Crippen molar-refractivity contribution in [2.75, 3.05) is 12.1 Å². The van der Waals surface area contributed by atoms with Crippen molar-refractivity contribution < 1.29 is 17.9 Å². The summed E-state index contributed by atoms with van der Waals surface area (Å²) in [6.07, 6.45) is 4.18. The van der Waals surface area contributed by atoms with Gasteiger partial charge in [-0.1, -0.05) is 18.9 Å². The quantitative estimate of drug-likeness (QED) is 0.407. The number of aliphatic imine (C=N–C) groups is 1. The molecule has 2 aromatic carbocycles. The fraction of sp³-hybridized carbons (Fsp3) is 0.381. The van der Waals surface area contributed by atoms with Crippen LogP contribution in [-0.4, -0.2) is 33.3 Å². The standard InChI is InChI=1S/C21H27N5O4S/c22-17-3-1-2-4-18(17)26-21(25-15-6-8-16(9-7-15)31(23,27)28)24-12-14-5-10-19-20(11-14)30-13-29-19/h5-11,17-18H,1-4,12-13,22H2,(H2,23,27,28)(H2,24,25,26)/t17-,18-/m0/s1. The van der Waals surface area contributed by atoms with Gasteiger partial charge in [-0.2, -0.15) is 0 Å². The number of nitrogens with zero attached hydrogens (tertiary/aromatic N) is 1. The lowest BCUT2D eigenvalue weighted by molar-refractivity contribution is 0.174. The lowest BCUT2D eigenvalue weighted by Crippen LogP contribution is -2.51. The molecule has 31 heavy (non-hydrogen) atoms. The Balaban J connectivity index is 1.52. The Morgan fingerprint density at radius 1 is 1.06 bits per heavy atom. The SMILES string of the molecule is N[C@H]1CCCC[C@@H]1NC(=NCc1ccc2c(c1)OCO2)Nc1ccc(S(N)(=O)=O)cc1. The third kappa shape index (κ3) is 5.46. The van der Waals surface area contributed by atoms with Crippen LogP contribution in [-0.2, 0) is 16.6 Å². The molecule has 2 aromatic rings. The van der Waals surface area contributed by atoms with Crippen molar-refractivity contribution in [3.63, 3.8) is 0 Å². The number of fused-ring (bicyclic) bond motifs is 1. The number of nitrogens with one attached hydrogen (secondary N) is 2. The van der Waals surface area contributed by atoms with Crippen molar-refractivity contribution in [1.29, 1.82) is 0 Å². The van der Waals surface area contributed by atoms with Crippen LogP contribution in [0.2, 0.25) is 0 Å². The molecule has 0 spiro atoms. The van der Waals surface area contributed by atoms with Gasteiger partial charge in [-0.25, -0.2) is 18.5 Å². The van der Waals surface area contributed by atoms with Crippen LogP contribution >= 0.6 is 0 Å². The van der Waals surface area contributed by atoms with Crippen molar-refractivity contribution in [2.45, 2.75) is 49.2 Å². The van der Waals surface area contributed by atoms with E-state index in [1.54, 1.807) is 12.1 Å². The number of nitrogens with two attached hydrogens (primary N) is 2. The molecule has 0 aromatic heterocycles. The molecule has 4 rings (SSSR count).